The Labute approximate surface area is 164 Å². The first kappa shape index (κ1) is 17.9. The summed E-state index contributed by atoms with van der Waals surface area (Å²) in [6.45, 7) is 5.82. The molecule has 0 saturated carbocycles. The van der Waals surface area contributed by atoms with Crippen LogP contribution in [-0.4, -0.2) is 38.2 Å². The van der Waals surface area contributed by atoms with Crippen molar-refractivity contribution in [2.24, 2.45) is 0 Å². The van der Waals surface area contributed by atoms with Crippen LogP contribution in [0, 0.1) is 0 Å². The van der Waals surface area contributed by atoms with Gasteiger partial charge in [0, 0.05) is 30.5 Å². The van der Waals surface area contributed by atoms with Crippen molar-refractivity contribution in [2.45, 2.75) is 13.0 Å². The van der Waals surface area contributed by atoms with E-state index in [1.165, 1.54) is 11.3 Å². The molecule has 7 heteroatoms. The molecule has 0 aliphatic carbocycles. The first-order chi connectivity index (χ1) is 13.2. The summed E-state index contributed by atoms with van der Waals surface area (Å²) in [6.07, 6.45) is 0. The van der Waals surface area contributed by atoms with Crippen molar-refractivity contribution < 1.29 is 14.2 Å². The van der Waals surface area contributed by atoms with E-state index in [9.17, 15) is 0 Å². The number of fused-ring (bicyclic) bond motifs is 1. The normalized spacial score (nSPS) is 16.7. The highest BCUT2D eigenvalue weighted by molar-refractivity contribution is 7.80. The summed E-state index contributed by atoms with van der Waals surface area (Å²) < 4.78 is 16.1. The van der Waals surface area contributed by atoms with Crippen molar-refractivity contribution in [1.82, 2.24) is 5.32 Å². The van der Waals surface area contributed by atoms with Gasteiger partial charge in [-0.25, -0.2) is 0 Å². The summed E-state index contributed by atoms with van der Waals surface area (Å²) in [4.78, 5) is 2.34. The lowest BCUT2D eigenvalue weighted by Gasteiger charge is -2.29. The number of hydrogen-bond acceptors (Lipinski definition) is 5. The summed E-state index contributed by atoms with van der Waals surface area (Å²) >= 11 is 5.45. The predicted molar refractivity (Wildman–Crippen MR) is 110 cm³/mol. The minimum Gasteiger partial charge on any atom is -0.454 e. The van der Waals surface area contributed by atoms with E-state index in [0.717, 1.165) is 43.5 Å². The molecule has 1 atom stereocenters. The lowest BCUT2D eigenvalue weighted by Crippen LogP contribution is -2.36. The molecule has 0 spiro atoms. The zero-order valence-corrected chi connectivity index (χ0v) is 16.1. The van der Waals surface area contributed by atoms with Crippen LogP contribution < -0.4 is 25.0 Å². The predicted octanol–water partition coefficient (Wildman–Crippen LogP) is 3.30. The molecule has 1 unspecified atom stereocenters. The molecule has 1 saturated heterocycles. The third-order valence-electron chi connectivity index (χ3n) is 4.75. The fraction of sp³-hybridized carbons (Fsp3) is 0.350. The summed E-state index contributed by atoms with van der Waals surface area (Å²) in [5.74, 6) is 1.49. The van der Waals surface area contributed by atoms with E-state index in [4.69, 9.17) is 26.4 Å². The molecule has 0 radical (unpaired) electrons. The Morgan fingerprint density at radius 3 is 2.56 bits per heavy atom. The highest BCUT2D eigenvalue weighted by atomic mass is 32.1. The molecule has 2 aromatic carbocycles. The van der Waals surface area contributed by atoms with E-state index in [0.29, 0.717) is 5.11 Å². The van der Waals surface area contributed by atoms with Gasteiger partial charge in [-0.05, 0) is 49.0 Å². The van der Waals surface area contributed by atoms with Gasteiger partial charge < -0.3 is 29.7 Å². The zero-order valence-electron chi connectivity index (χ0n) is 15.2. The van der Waals surface area contributed by atoms with Crippen LogP contribution in [0.2, 0.25) is 0 Å². The van der Waals surface area contributed by atoms with Crippen LogP contribution >= 0.6 is 12.2 Å². The van der Waals surface area contributed by atoms with Crippen LogP contribution in [0.1, 0.15) is 18.5 Å². The lowest BCUT2D eigenvalue weighted by molar-refractivity contribution is 0.122. The van der Waals surface area contributed by atoms with Crippen LogP contribution in [0.5, 0.6) is 11.5 Å². The van der Waals surface area contributed by atoms with Crippen LogP contribution in [0.25, 0.3) is 0 Å². The monoisotopic (exact) mass is 385 g/mol. The maximum atomic E-state index is 5.45. The van der Waals surface area contributed by atoms with Crippen molar-refractivity contribution in [3.05, 3.63) is 48.0 Å². The van der Waals surface area contributed by atoms with Gasteiger partial charge in [-0.3, -0.25) is 0 Å². The second-order valence-electron chi connectivity index (χ2n) is 6.58. The van der Waals surface area contributed by atoms with Gasteiger partial charge in [0.1, 0.15) is 0 Å². The van der Waals surface area contributed by atoms with Gasteiger partial charge in [-0.2, -0.15) is 0 Å². The molecule has 0 aromatic heterocycles. The number of anilines is 2. The van der Waals surface area contributed by atoms with Gasteiger partial charge >= 0.3 is 0 Å². The van der Waals surface area contributed by atoms with E-state index < -0.39 is 0 Å². The van der Waals surface area contributed by atoms with Gasteiger partial charge in [0.2, 0.25) is 6.79 Å². The molecule has 6 nitrogen and oxygen atoms in total. The second-order valence-corrected chi connectivity index (χ2v) is 6.99. The van der Waals surface area contributed by atoms with Gasteiger partial charge in [0.25, 0.3) is 0 Å². The standard InChI is InChI=1S/C20H23N3O3S/c1-14(15-2-5-17(6-3-15)23-8-10-24-11-9-23)21-20(27)22-16-4-7-18-19(12-16)26-13-25-18/h2-7,12,14H,8-11,13H2,1H3,(H2,21,22,27). The van der Waals surface area contributed by atoms with E-state index in [2.05, 4.69) is 46.7 Å². The summed E-state index contributed by atoms with van der Waals surface area (Å²) in [5, 5.41) is 7.09. The number of ether oxygens (including phenoxy) is 3. The highest BCUT2D eigenvalue weighted by Crippen LogP contribution is 2.34. The molecule has 27 heavy (non-hydrogen) atoms. The minimum atomic E-state index is 0.0951. The summed E-state index contributed by atoms with van der Waals surface area (Å²) in [5.41, 5.74) is 3.28. The smallest absolute Gasteiger partial charge is 0.231 e. The van der Waals surface area contributed by atoms with Gasteiger partial charge in [0.05, 0.1) is 19.3 Å². The average Bonchev–Trinajstić information content (AvgIpc) is 3.16. The molecule has 142 valence electrons. The number of hydrogen-bond donors (Lipinski definition) is 2. The first-order valence-electron chi connectivity index (χ1n) is 9.09. The number of morpholine rings is 1. The Morgan fingerprint density at radius 1 is 1.04 bits per heavy atom. The van der Waals surface area contributed by atoms with E-state index >= 15 is 0 Å². The third-order valence-corrected chi connectivity index (χ3v) is 4.97. The van der Waals surface area contributed by atoms with Gasteiger partial charge in [-0.15, -0.1) is 0 Å². The van der Waals surface area contributed by atoms with Crippen molar-refractivity contribution >= 4 is 28.7 Å². The van der Waals surface area contributed by atoms with Gasteiger partial charge in [-0.1, -0.05) is 12.1 Å². The number of nitrogens with one attached hydrogen (secondary N) is 2. The quantitative estimate of drug-likeness (QED) is 0.783. The van der Waals surface area contributed by atoms with Crippen molar-refractivity contribution in [3.63, 3.8) is 0 Å². The molecule has 1 fully saturated rings. The molecular formula is C20H23N3O3S. The Balaban J connectivity index is 1.34. The molecule has 0 bridgehead atoms. The SMILES string of the molecule is CC(NC(=S)Nc1ccc2c(c1)OCO2)c1ccc(N2CCOCC2)cc1. The molecule has 0 amide bonds. The molecule has 2 heterocycles. The molecule has 2 aliphatic heterocycles. The number of nitrogens with zero attached hydrogens (tertiary/aromatic N) is 1. The Kier molecular flexibility index (Phi) is 5.31. The summed E-state index contributed by atoms with van der Waals surface area (Å²) in [7, 11) is 0. The average molecular weight is 385 g/mol. The zero-order chi connectivity index (χ0) is 18.6. The topological polar surface area (TPSA) is 55.0 Å². The third kappa shape index (κ3) is 4.26. The van der Waals surface area contributed by atoms with Crippen LogP contribution in [0.4, 0.5) is 11.4 Å². The Bertz CT molecular complexity index is 807. The fourth-order valence-electron chi connectivity index (χ4n) is 3.22. The van der Waals surface area contributed by atoms with E-state index in [1.54, 1.807) is 0 Å². The number of rotatable bonds is 4. The second kappa shape index (κ2) is 8.02. The van der Waals surface area contributed by atoms with E-state index in [-0.39, 0.29) is 12.8 Å². The van der Waals surface area contributed by atoms with E-state index in [1.807, 2.05) is 18.2 Å². The molecule has 2 aliphatic rings. The molecule has 4 rings (SSSR count). The van der Waals surface area contributed by atoms with Crippen molar-refractivity contribution in [2.75, 3.05) is 43.3 Å². The fourth-order valence-corrected chi connectivity index (χ4v) is 3.51. The number of benzene rings is 2. The lowest BCUT2D eigenvalue weighted by atomic mass is 10.1. The highest BCUT2D eigenvalue weighted by Gasteiger charge is 2.15. The minimum absolute atomic E-state index is 0.0951. The summed E-state index contributed by atoms with van der Waals surface area (Å²) in [6, 6.07) is 14.4. The number of thiocarbonyl (C=S) groups is 1. The first-order valence-corrected chi connectivity index (χ1v) is 9.50. The molecular weight excluding hydrogens is 362 g/mol. The van der Waals surface area contributed by atoms with Gasteiger partial charge in [0.15, 0.2) is 16.6 Å². The largest absolute Gasteiger partial charge is 0.454 e. The van der Waals surface area contributed by atoms with Crippen LogP contribution in [0.15, 0.2) is 42.5 Å². The van der Waals surface area contributed by atoms with Crippen LogP contribution in [-0.2, 0) is 4.74 Å². The van der Waals surface area contributed by atoms with Crippen molar-refractivity contribution in [1.29, 1.82) is 0 Å². The molecule has 2 N–H and O–H groups in total. The maximum Gasteiger partial charge on any atom is 0.231 e. The Morgan fingerprint density at radius 2 is 1.78 bits per heavy atom. The van der Waals surface area contributed by atoms with Crippen molar-refractivity contribution in [3.8, 4) is 11.5 Å². The van der Waals surface area contributed by atoms with Crippen LogP contribution in [0.3, 0.4) is 0 Å². The molecule has 2 aromatic rings. The Hall–Kier alpha value is -2.51. The maximum absolute atomic E-state index is 5.45.